The van der Waals surface area contributed by atoms with Crippen molar-refractivity contribution in [2.45, 2.75) is 39.7 Å². The molecule has 0 unspecified atom stereocenters. The van der Waals surface area contributed by atoms with Crippen molar-refractivity contribution in [2.75, 3.05) is 0 Å². The largest absolute Gasteiger partial charge is 0.343 e. The summed E-state index contributed by atoms with van der Waals surface area (Å²) in [6, 6.07) is 15.9. The fraction of sp³-hybridized carbons (Fsp3) is 0.214. The number of amides is 1. The van der Waals surface area contributed by atoms with Crippen molar-refractivity contribution in [3.63, 3.8) is 0 Å². The topological polar surface area (TPSA) is 51.1 Å². The molecule has 170 valence electrons. The standard InChI is InChI=1S/C28H29FN2O2/c1-5-23(6-2)30-28(33)25-24(20-11-8-7-9-12-20)27(21-13-15-22(29)16-14-21)31(17-10-18-32)26(25)19(3)4/h5-9,11-16,18-19H,1,10,17H2,2-4H3,(H,30,33)/b23-6+. The molecule has 2 aromatic carbocycles. The van der Waals surface area contributed by atoms with E-state index >= 15 is 0 Å². The van der Waals surface area contributed by atoms with Crippen LogP contribution in [0.3, 0.4) is 0 Å². The van der Waals surface area contributed by atoms with E-state index in [1.54, 1.807) is 24.3 Å². The molecule has 1 heterocycles. The van der Waals surface area contributed by atoms with E-state index in [-0.39, 0.29) is 17.6 Å². The zero-order valence-electron chi connectivity index (χ0n) is 19.3. The number of benzene rings is 2. The minimum Gasteiger partial charge on any atom is -0.343 e. The fourth-order valence-corrected chi connectivity index (χ4v) is 4.11. The molecule has 33 heavy (non-hydrogen) atoms. The Labute approximate surface area is 194 Å². The lowest BCUT2D eigenvalue weighted by atomic mass is 9.94. The van der Waals surface area contributed by atoms with Crippen molar-refractivity contribution < 1.29 is 14.0 Å². The van der Waals surface area contributed by atoms with Crippen LogP contribution in [0.2, 0.25) is 0 Å². The van der Waals surface area contributed by atoms with Crippen LogP contribution in [0.15, 0.2) is 79.0 Å². The van der Waals surface area contributed by atoms with Crippen LogP contribution < -0.4 is 5.32 Å². The van der Waals surface area contributed by atoms with Gasteiger partial charge in [-0.15, -0.1) is 0 Å². The van der Waals surface area contributed by atoms with E-state index in [1.165, 1.54) is 12.1 Å². The third-order valence-corrected chi connectivity index (χ3v) is 5.52. The third kappa shape index (κ3) is 5.03. The van der Waals surface area contributed by atoms with Crippen LogP contribution in [0.4, 0.5) is 4.39 Å². The highest BCUT2D eigenvalue weighted by molar-refractivity contribution is 6.07. The molecule has 0 atom stereocenters. The number of aromatic nitrogens is 1. The monoisotopic (exact) mass is 444 g/mol. The molecular weight excluding hydrogens is 415 g/mol. The van der Waals surface area contributed by atoms with Crippen LogP contribution in [0, 0.1) is 5.82 Å². The van der Waals surface area contributed by atoms with Gasteiger partial charge in [0.25, 0.3) is 5.91 Å². The molecule has 1 amide bonds. The minimum atomic E-state index is -0.336. The van der Waals surface area contributed by atoms with Gasteiger partial charge in [-0.2, -0.15) is 0 Å². The first kappa shape index (κ1) is 23.9. The lowest BCUT2D eigenvalue weighted by Crippen LogP contribution is -2.24. The molecule has 0 fully saturated rings. The smallest absolute Gasteiger partial charge is 0.258 e. The number of hydrogen-bond acceptors (Lipinski definition) is 2. The van der Waals surface area contributed by atoms with Crippen molar-refractivity contribution in [3.8, 4) is 22.4 Å². The molecule has 0 bridgehead atoms. The zero-order chi connectivity index (χ0) is 24.0. The Morgan fingerprint density at radius 2 is 1.76 bits per heavy atom. The highest BCUT2D eigenvalue weighted by Crippen LogP contribution is 2.42. The van der Waals surface area contributed by atoms with E-state index in [2.05, 4.69) is 11.9 Å². The van der Waals surface area contributed by atoms with Gasteiger partial charge in [0.15, 0.2) is 0 Å². The molecule has 0 aliphatic heterocycles. The number of aldehydes is 1. The second-order valence-electron chi connectivity index (χ2n) is 8.02. The number of rotatable bonds is 9. The molecule has 0 aliphatic carbocycles. The average molecular weight is 445 g/mol. The van der Waals surface area contributed by atoms with E-state index in [4.69, 9.17) is 0 Å². The molecule has 0 aliphatic rings. The lowest BCUT2D eigenvalue weighted by molar-refractivity contribution is -0.108. The molecule has 5 heteroatoms. The number of nitrogens with zero attached hydrogens (tertiary/aromatic N) is 1. The van der Waals surface area contributed by atoms with Crippen LogP contribution in [-0.2, 0) is 11.3 Å². The maximum Gasteiger partial charge on any atom is 0.258 e. The molecular formula is C28H29FN2O2. The van der Waals surface area contributed by atoms with Gasteiger partial charge < -0.3 is 14.7 Å². The number of hydrogen-bond donors (Lipinski definition) is 1. The van der Waals surface area contributed by atoms with Crippen molar-refractivity contribution in [1.29, 1.82) is 0 Å². The van der Waals surface area contributed by atoms with Gasteiger partial charge in [-0.25, -0.2) is 4.39 Å². The number of carbonyl (C=O) groups excluding carboxylic acids is 2. The zero-order valence-corrected chi connectivity index (χ0v) is 19.3. The van der Waals surface area contributed by atoms with E-state index < -0.39 is 0 Å². The first-order valence-electron chi connectivity index (χ1n) is 11.0. The Hall–Kier alpha value is -3.73. The highest BCUT2D eigenvalue weighted by Gasteiger charge is 2.30. The molecule has 1 N–H and O–H groups in total. The van der Waals surface area contributed by atoms with E-state index in [9.17, 15) is 14.0 Å². The summed E-state index contributed by atoms with van der Waals surface area (Å²) in [5.41, 5.74) is 5.17. The van der Waals surface area contributed by atoms with Gasteiger partial charge in [0.1, 0.15) is 12.1 Å². The predicted molar refractivity (Wildman–Crippen MR) is 131 cm³/mol. The van der Waals surface area contributed by atoms with Crippen LogP contribution in [0.5, 0.6) is 0 Å². The summed E-state index contributed by atoms with van der Waals surface area (Å²) in [4.78, 5) is 25.0. The molecule has 3 aromatic rings. The fourth-order valence-electron chi connectivity index (χ4n) is 4.11. The molecule has 1 aromatic heterocycles. The average Bonchev–Trinajstić information content (AvgIpc) is 3.17. The van der Waals surface area contributed by atoms with Crippen LogP contribution in [0.1, 0.15) is 49.2 Å². The molecule has 0 radical (unpaired) electrons. The Bertz CT molecular complexity index is 1170. The second-order valence-corrected chi connectivity index (χ2v) is 8.02. The van der Waals surface area contributed by atoms with Crippen molar-refractivity contribution in [2.24, 2.45) is 0 Å². The third-order valence-electron chi connectivity index (χ3n) is 5.52. The Morgan fingerprint density at radius 1 is 1.09 bits per heavy atom. The van der Waals surface area contributed by atoms with Gasteiger partial charge >= 0.3 is 0 Å². The van der Waals surface area contributed by atoms with Crippen molar-refractivity contribution >= 4 is 12.2 Å². The van der Waals surface area contributed by atoms with Gasteiger partial charge in [-0.1, -0.05) is 56.8 Å². The molecule has 0 saturated heterocycles. The van der Waals surface area contributed by atoms with E-state index in [1.807, 2.05) is 55.7 Å². The summed E-state index contributed by atoms with van der Waals surface area (Å²) in [5, 5.41) is 2.96. The van der Waals surface area contributed by atoms with Crippen LogP contribution >= 0.6 is 0 Å². The summed E-state index contributed by atoms with van der Waals surface area (Å²) in [6.45, 7) is 10.1. The van der Waals surface area contributed by atoms with E-state index in [0.29, 0.717) is 24.2 Å². The lowest BCUT2D eigenvalue weighted by Gasteiger charge is -2.16. The minimum absolute atomic E-state index is 0.00755. The van der Waals surface area contributed by atoms with Gasteiger partial charge in [-0.3, -0.25) is 4.79 Å². The first-order valence-corrected chi connectivity index (χ1v) is 11.0. The molecule has 0 spiro atoms. The molecule has 0 saturated carbocycles. The summed E-state index contributed by atoms with van der Waals surface area (Å²) in [7, 11) is 0. The molecule has 4 nitrogen and oxygen atoms in total. The van der Waals surface area contributed by atoms with Crippen LogP contribution in [0.25, 0.3) is 22.4 Å². The Kier molecular flexibility index (Phi) is 7.78. The summed E-state index contributed by atoms with van der Waals surface area (Å²) in [5.74, 6) is -0.595. The summed E-state index contributed by atoms with van der Waals surface area (Å²) >= 11 is 0. The van der Waals surface area contributed by atoms with Gasteiger partial charge in [0, 0.05) is 29.9 Å². The number of carbonyl (C=O) groups is 2. The molecule has 3 rings (SSSR count). The summed E-state index contributed by atoms with van der Waals surface area (Å²) in [6.07, 6.45) is 4.55. The quantitative estimate of drug-likeness (QED) is 0.303. The van der Waals surface area contributed by atoms with E-state index in [0.717, 1.165) is 34.4 Å². The Balaban J connectivity index is 2.43. The normalized spacial score (nSPS) is 11.5. The number of allylic oxidation sites excluding steroid dienone is 2. The van der Waals surface area contributed by atoms with Crippen molar-refractivity contribution in [3.05, 3.63) is 96.1 Å². The summed E-state index contributed by atoms with van der Waals surface area (Å²) < 4.78 is 15.8. The maximum absolute atomic E-state index is 13.8. The predicted octanol–water partition coefficient (Wildman–Crippen LogP) is 6.49. The number of halogens is 1. The number of nitrogens with one attached hydrogen (secondary N) is 1. The first-order chi connectivity index (χ1) is 15.9. The van der Waals surface area contributed by atoms with Gasteiger partial charge in [0.2, 0.25) is 0 Å². The Morgan fingerprint density at radius 3 is 2.30 bits per heavy atom. The maximum atomic E-state index is 13.8. The van der Waals surface area contributed by atoms with Crippen molar-refractivity contribution in [1.82, 2.24) is 9.88 Å². The second kappa shape index (κ2) is 10.7. The SMILES string of the molecule is C=C/C(=C\C)NC(=O)c1c(-c2ccccc2)c(-c2ccc(F)cc2)n(CCC=O)c1C(C)C. The van der Waals surface area contributed by atoms with Gasteiger partial charge in [-0.05, 0) is 54.3 Å². The highest BCUT2D eigenvalue weighted by atomic mass is 19.1. The van der Waals surface area contributed by atoms with Crippen LogP contribution in [-0.4, -0.2) is 16.8 Å². The van der Waals surface area contributed by atoms with Gasteiger partial charge in [0.05, 0.1) is 11.3 Å².